The summed E-state index contributed by atoms with van der Waals surface area (Å²) in [6, 6.07) is 0.689. The van der Waals surface area contributed by atoms with Crippen molar-refractivity contribution >= 4 is 0 Å². The van der Waals surface area contributed by atoms with Gasteiger partial charge in [-0.05, 0) is 19.3 Å². The van der Waals surface area contributed by atoms with Crippen LogP contribution in [0.3, 0.4) is 0 Å². The molecule has 1 unspecified atom stereocenters. The zero-order valence-corrected chi connectivity index (χ0v) is 9.79. The van der Waals surface area contributed by atoms with Gasteiger partial charge in [-0.15, -0.1) is 0 Å². The van der Waals surface area contributed by atoms with E-state index in [1.165, 1.54) is 26.1 Å². The summed E-state index contributed by atoms with van der Waals surface area (Å²) in [5, 5.41) is 3.58. The Bertz CT molecular complexity index is 175. The summed E-state index contributed by atoms with van der Waals surface area (Å²) < 4.78 is 0. The molecule has 0 saturated carbocycles. The van der Waals surface area contributed by atoms with Crippen LogP contribution in [-0.4, -0.2) is 37.1 Å². The molecule has 0 bridgehead atoms. The van der Waals surface area contributed by atoms with Crippen LogP contribution in [0.2, 0.25) is 0 Å². The highest BCUT2D eigenvalue weighted by Crippen LogP contribution is 2.08. The molecule has 0 aromatic carbocycles. The molecule has 0 amide bonds. The van der Waals surface area contributed by atoms with Crippen LogP contribution in [0.5, 0.6) is 0 Å². The summed E-state index contributed by atoms with van der Waals surface area (Å²) in [4.78, 5) is 2.57. The molecular weight excluding hydrogens is 172 g/mol. The van der Waals surface area contributed by atoms with Gasteiger partial charge in [-0.1, -0.05) is 26.0 Å². The molecule has 0 spiro atoms. The molecule has 2 nitrogen and oxygen atoms in total. The summed E-state index contributed by atoms with van der Waals surface area (Å²) in [5.74, 6) is 0.750. The maximum atomic E-state index is 3.58. The van der Waals surface area contributed by atoms with Crippen LogP contribution in [0.25, 0.3) is 0 Å². The van der Waals surface area contributed by atoms with E-state index in [4.69, 9.17) is 0 Å². The molecule has 82 valence electrons. The lowest BCUT2D eigenvalue weighted by Gasteiger charge is -2.35. The van der Waals surface area contributed by atoms with Gasteiger partial charge >= 0.3 is 0 Å². The van der Waals surface area contributed by atoms with Crippen molar-refractivity contribution in [3.63, 3.8) is 0 Å². The Kier molecular flexibility index (Phi) is 5.20. The predicted molar refractivity (Wildman–Crippen MR) is 62.5 cm³/mol. The van der Waals surface area contributed by atoms with E-state index in [9.17, 15) is 0 Å². The van der Waals surface area contributed by atoms with Gasteiger partial charge in [0.2, 0.25) is 0 Å². The zero-order valence-electron chi connectivity index (χ0n) is 9.79. The highest BCUT2D eigenvalue weighted by Gasteiger charge is 2.20. The van der Waals surface area contributed by atoms with E-state index in [0.29, 0.717) is 6.04 Å². The normalized spacial score (nSPS) is 25.0. The minimum absolute atomic E-state index is 0.689. The van der Waals surface area contributed by atoms with E-state index in [2.05, 4.69) is 43.1 Å². The fourth-order valence-corrected chi connectivity index (χ4v) is 1.92. The molecule has 1 rings (SSSR count). The summed E-state index contributed by atoms with van der Waals surface area (Å²) in [5.41, 5.74) is 0. The number of nitrogens with one attached hydrogen (secondary N) is 1. The van der Waals surface area contributed by atoms with Crippen LogP contribution in [0, 0.1) is 5.92 Å². The molecule has 1 aliphatic rings. The Balaban J connectivity index is 2.25. The first-order valence-electron chi connectivity index (χ1n) is 5.81. The third-order valence-corrected chi connectivity index (χ3v) is 2.94. The van der Waals surface area contributed by atoms with Crippen LogP contribution in [0.15, 0.2) is 12.2 Å². The van der Waals surface area contributed by atoms with Crippen LogP contribution in [-0.2, 0) is 0 Å². The van der Waals surface area contributed by atoms with Gasteiger partial charge < -0.3 is 10.2 Å². The monoisotopic (exact) mass is 196 g/mol. The van der Waals surface area contributed by atoms with Crippen LogP contribution >= 0.6 is 0 Å². The van der Waals surface area contributed by atoms with Gasteiger partial charge in [-0.3, -0.25) is 0 Å². The Labute approximate surface area is 88.4 Å². The Morgan fingerprint density at radius 2 is 2.29 bits per heavy atom. The predicted octanol–water partition coefficient (Wildman–Crippen LogP) is 1.88. The van der Waals surface area contributed by atoms with E-state index >= 15 is 0 Å². The van der Waals surface area contributed by atoms with Crippen LogP contribution in [0.4, 0.5) is 0 Å². The average molecular weight is 196 g/mol. The van der Waals surface area contributed by atoms with Gasteiger partial charge in [0.15, 0.2) is 0 Å². The van der Waals surface area contributed by atoms with E-state index < -0.39 is 0 Å². The Hall–Kier alpha value is -0.340. The van der Waals surface area contributed by atoms with Crippen LogP contribution < -0.4 is 5.32 Å². The third-order valence-electron chi connectivity index (χ3n) is 2.94. The number of piperazine rings is 1. The summed E-state index contributed by atoms with van der Waals surface area (Å²) >= 11 is 0. The highest BCUT2D eigenvalue weighted by molar-refractivity contribution is 4.83. The molecule has 0 aromatic heterocycles. The van der Waals surface area contributed by atoms with E-state index in [1.54, 1.807) is 0 Å². The molecule has 1 aliphatic heterocycles. The highest BCUT2D eigenvalue weighted by atomic mass is 15.2. The lowest BCUT2D eigenvalue weighted by Crippen LogP contribution is -2.52. The first kappa shape index (κ1) is 11.7. The SMILES string of the molecule is C/C=C/CCN1CCNC(C(C)C)C1. The number of rotatable bonds is 4. The smallest absolute Gasteiger partial charge is 0.0218 e. The maximum absolute atomic E-state index is 3.58. The quantitative estimate of drug-likeness (QED) is 0.691. The van der Waals surface area contributed by atoms with Crippen molar-refractivity contribution in [2.45, 2.75) is 33.2 Å². The Morgan fingerprint density at radius 3 is 2.93 bits per heavy atom. The summed E-state index contributed by atoms with van der Waals surface area (Å²) in [6.45, 7) is 11.5. The molecule has 0 aromatic rings. The summed E-state index contributed by atoms with van der Waals surface area (Å²) in [6.07, 6.45) is 5.59. The lowest BCUT2D eigenvalue weighted by molar-refractivity contribution is 0.178. The molecule has 0 radical (unpaired) electrons. The van der Waals surface area contributed by atoms with Crippen molar-refractivity contribution in [3.05, 3.63) is 12.2 Å². The van der Waals surface area contributed by atoms with Crippen molar-refractivity contribution in [1.82, 2.24) is 10.2 Å². The standard InChI is InChI=1S/C12H24N2/c1-4-5-6-8-14-9-7-13-12(10-14)11(2)3/h4-5,11-13H,6-10H2,1-3H3/b5-4+. The zero-order chi connectivity index (χ0) is 10.4. The van der Waals surface area contributed by atoms with Crippen molar-refractivity contribution < 1.29 is 0 Å². The van der Waals surface area contributed by atoms with Crippen molar-refractivity contribution in [2.75, 3.05) is 26.2 Å². The van der Waals surface area contributed by atoms with Gasteiger partial charge in [0.05, 0.1) is 0 Å². The first-order valence-corrected chi connectivity index (χ1v) is 5.81. The number of hydrogen-bond acceptors (Lipinski definition) is 2. The lowest BCUT2D eigenvalue weighted by atomic mass is 10.0. The van der Waals surface area contributed by atoms with Crippen molar-refractivity contribution in [1.29, 1.82) is 0 Å². The fourth-order valence-electron chi connectivity index (χ4n) is 1.92. The molecular formula is C12H24N2. The van der Waals surface area contributed by atoms with E-state index in [-0.39, 0.29) is 0 Å². The van der Waals surface area contributed by atoms with Gasteiger partial charge in [0, 0.05) is 32.2 Å². The molecule has 1 heterocycles. The van der Waals surface area contributed by atoms with Gasteiger partial charge in [-0.2, -0.15) is 0 Å². The van der Waals surface area contributed by atoms with Crippen molar-refractivity contribution in [2.24, 2.45) is 5.92 Å². The minimum Gasteiger partial charge on any atom is -0.311 e. The average Bonchev–Trinajstić information content (AvgIpc) is 2.19. The second-order valence-electron chi connectivity index (χ2n) is 4.46. The molecule has 2 heteroatoms. The molecule has 1 fully saturated rings. The second kappa shape index (κ2) is 6.20. The molecule has 1 saturated heterocycles. The number of nitrogens with zero attached hydrogens (tertiary/aromatic N) is 1. The topological polar surface area (TPSA) is 15.3 Å². The third kappa shape index (κ3) is 3.81. The Morgan fingerprint density at radius 1 is 1.50 bits per heavy atom. The second-order valence-corrected chi connectivity index (χ2v) is 4.46. The van der Waals surface area contributed by atoms with Gasteiger partial charge in [0.25, 0.3) is 0 Å². The maximum Gasteiger partial charge on any atom is 0.0218 e. The minimum atomic E-state index is 0.689. The summed E-state index contributed by atoms with van der Waals surface area (Å²) in [7, 11) is 0. The molecule has 0 aliphatic carbocycles. The molecule has 14 heavy (non-hydrogen) atoms. The van der Waals surface area contributed by atoms with E-state index in [1.807, 2.05) is 0 Å². The van der Waals surface area contributed by atoms with Gasteiger partial charge in [-0.25, -0.2) is 0 Å². The van der Waals surface area contributed by atoms with Crippen LogP contribution in [0.1, 0.15) is 27.2 Å². The van der Waals surface area contributed by atoms with E-state index in [0.717, 1.165) is 12.5 Å². The fraction of sp³-hybridized carbons (Fsp3) is 0.833. The molecule has 1 atom stereocenters. The van der Waals surface area contributed by atoms with Crippen molar-refractivity contribution in [3.8, 4) is 0 Å². The van der Waals surface area contributed by atoms with Gasteiger partial charge in [0.1, 0.15) is 0 Å². The number of allylic oxidation sites excluding steroid dienone is 1. The number of hydrogen-bond donors (Lipinski definition) is 1. The first-order chi connectivity index (χ1) is 6.74. The molecule has 1 N–H and O–H groups in total. The largest absolute Gasteiger partial charge is 0.311 e.